The molecule has 3 nitrogen and oxygen atoms in total. The van der Waals surface area contributed by atoms with E-state index in [1.807, 2.05) is 50.4 Å². The molecule has 0 bridgehead atoms. The third-order valence-electron chi connectivity index (χ3n) is 3.88. The van der Waals surface area contributed by atoms with Crippen molar-refractivity contribution in [2.75, 3.05) is 11.5 Å². The summed E-state index contributed by atoms with van der Waals surface area (Å²) in [7, 11) is 1.81. The highest BCUT2D eigenvalue weighted by molar-refractivity contribution is 8.18. The van der Waals surface area contributed by atoms with Crippen LogP contribution in [0, 0.1) is 6.92 Å². The summed E-state index contributed by atoms with van der Waals surface area (Å²) in [6.45, 7) is 1.91. The molecular formula is C18H19ClN2OS2. The number of hydrogen-bond donors (Lipinski definition) is 0. The van der Waals surface area contributed by atoms with Crippen molar-refractivity contribution < 1.29 is 4.79 Å². The number of halogens is 1. The van der Waals surface area contributed by atoms with Crippen molar-refractivity contribution in [2.45, 2.75) is 17.9 Å². The predicted octanol–water partition coefficient (Wildman–Crippen LogP) is 4.69. The first kappa shape index (κ1) is 17.6. The molecule has 0 spiro atoms. The number of carbonyl (C=O) groups excluding carboxylic acids is 1. The van der Waals surface area contributed by atoms with Crippen molar-refractivity contribution in [2.24, 2.45) is 7.05 Å². The highest BCUT2D eigenvalue weighted by Gasteiger charge is 2.26. The Morgan fingerprint density at radius 1 is 1.29 bits per heavy atom. The standard InChI is InChI=1S/C18H19ClN2OS2/c1-12-14(17(19)21(2)20-12)11-15(13-7-4-3-5-8-13)16(22)18-23-9-6-10-24-18/h3-5,7-8,11,18H,6,9-10H2,1-2H3. The summed E-state index contributed by atoms with van der Waals surface area (Å²) in [5.41, 5.74) is 3.28. The van der Waals surface area contributed by atoms with Gasteiger partial charge in [-0.25, -0.2) is 0 Å². The van der Waals surface area contributed by atoms with E-state index < -0.39 is 0 Å². The number of nitrogens with zero attached hydrogens (tertiary/aromatic N) is 2. The summed E-state index contributed by atoms with van der Waals surface area (Å²) in [4.78, 5) is 13.2. The van der Waals surface area contributed by atoms with Gasteiger partial charge in [-0.3, -0.25) is 9.48 Å². The van der Waals surface area contributed by atoms with Gasteiger partial charge in [-0.15, -0.1) is 23.5 Å². The molecule has 126 valence electrons. The quantitative estimate of drug-likeness (QED) is 0.723. The maximum atomic E-state index is 13.2. The van der Waals surface area contributed by atoms with Crippen molar-refractivity contribution >= 4 is 52.6 Å². The monoisotopic (exact) mass is 378 g/mol. The zero-order valence-electron chi connectivity index (χ0n) is 13.7. The maximum absolute atomic E-state index is 13.2. The lowest BCUT2D eigenvalue weighted by atomic mass is 10.00. The molecule has 1 aliphatic heterocycles. The lowest BCUT2D eigenvalue weighted by Crippen LogP contribution is -2.19. The fraction of sp³-hybridized carbons (Fsp3) is 0.333. The largest absolute Gasteiger partial charge is 0.292 e. The SMILES string of the molecule is Cc1nn(C)c(Cl)c1C=C(C(=O)C1SCCCS1)c1ccccc1. The van der Waals surface area contributed by atoms with Crippen LogP contribution in [0.25, 0.3) is 11.6 Å². The number of hydrogen-bond acceptors (Lipinski definition) is 4. The minimum atomic E-state index is -0.0408. The second-order valence-electron chi connectivity index (χ2n) is 5.63. The van der Waals surface area contributed by atoms with Gasteiger partial charge >= 0.3 is 0 Å². The van der Waals surface area contributed by atoms with Gasteiger partial charge in [-0.05, 0) is 36.5 Å². The lowest BCUT2D eigenvalue weighted by Gasteiger charge is -2.21. The lowest BCUT2D eigenvalue weighted by molar-refractivity contribution is -0.112. The molecular weight excluding hydrogens is 360 g/mol. The van der Waals surface area contributed by atoms with Crippen LogP contribution in [0.2, 0.25) is 5.15 Å². The highest BCUT2D eigenvalue weighted by Crippen LogP contribution is 2.36. The molecule has 1 aromatic carbocycles. The molecule has 0 unspecified atom stereocenters. The average molecular weight is 379 g/mol. The zero-order valence-corrected chi connectivity index (χ0v) is 16.0. The molecule has 1 aromatic heterocycles. The number of rotatable bonds is 4. The molecule has 2 aromatic rings. The number of aryl methyl sites for hydroxylation is 2. The van der Waals surface area contributed by atoms with Crippen LogP contribution in [0.1, 0.15) is 23.2 Å². The first-order valence-corrected chi connectivity index (χ1v) is 10.3. The summed E-state index contributed by atoms with van der Waals surface area (Å²) >= 11 is 9.84. The number of ketones is 1. The molecule has 0 amide bonds. The van der Waals surface area contributed by atoms with Gasteiger partial charge in [0.05, 0.1) is 5.69 Å². The minimum absolute atomic E-state index is 0.0408. The van der Waals surface area contributed by atoms with Gasteiger partial charge in [-0.1, -0.05) is 41.9 Å². The topological polar surface area (TPSA) is 34.9 Å². The van der Waals surface area contributed by atoms with Gasteiger partial charge in [0, 0.05) is 18.2 Å². The van der Waals surface area contributed by atoms with Gasteiger partial charge in [0.2, 0.25) is 0 Å². The van der Waals surface area contributed by atoms with Crippen molar-refractivity contribution in [3.8, 4) is 0 Å². The summed E-state index contributed by atoms with van der Waals surface area (Å²) in [5, 5.41) is 4.90. The Morgan fingerprint density at radius 3 is 2.54 bits per heavy atom. The molecule has 0 saturated carbocycles. The van der Waals surface area contributed by atoms with Gasteiger partial charge in [0.25, 0.3) is 0 Å². The summed E-state index contributed by atoms with van der Waals surface area (Å²) in [5.74, 6) is 2.24. The number of allylic oxidation sites excluding steroid dienone is 1. The van der Waals surface area contributed by atoms with Crippen LogP contribution in [0.4, 0.5) is 0 Å². The molecule has 0 radical (unpaired) electrons. The summed E-state index contributed by atoms with van der Waals surface area (Å²) in [6.07, 6.45) is 3.06. The minimum Gasteiger partial charge on any atom is -0.292 e. The number of Topliss-reactive ketones (excluding diaryl/α,β-unsaturated/α-hetero) is 1. The first-order chi connectivity index (χ1) is 11.6. The van der Waals surface area contributed by atoms with Crippen molar-refractivity contribution in [1.29, 1.82) is 0 Å². The fourth-order valence-electron chi connectivity index (χ4n) is 2.64. The average Bonchev–Trinajstić information content (AvgIpc) is 2.86. The van der Waals surface area contributed by atoms with E-state index in [4.69, 9.17) is 11.6 Å². The Bertz CT molecular complexity index is 765. The zero-order chi connectivity index (χ0) is 17.1. The third-order valence-corrected chi connectivity index (χ3v) is 7.22. The van der Waals surface area contributed by atoms with Gasteiger partial charge in [0.15, 0.2) is 5.78 Å². The van der Waals surface area contributed by atoms with Crippen LogP contribution in [0.15, 0.2) is 30.3 Å². The number of benzene rings is 1. The first-order valence-electron chi connectivity index (χ1n) is 7.81. The molecule has 2 heterocycles. The Balaban J connectivity index is 2.05. The summed E-state index contributed by atoms with van der Waals surface area (Å²) < 4.78 is 1.60. The Morgan fingerprint density at radius 2 is 1.96 bits per heavy atom. The number of aromatic nitrogens is 2. The van der Waals surface area contributed by atoms with Gasteiger partial charge in [-0.2, -0.15) is 5.10 Å². The van der Waals surface area contributed by atoms with E-state index in [0.29, 0.717) is 10.7 Å². The van der Waals surface area contributed by atoms with Crippen LogP contribution in [-0.4, -0.2) is 31.7 Å². The van der Waals surface area contributed by atoms with Gasteiger partial charge < -0.3 is 0 Å². The van der Waals surface area contributed by atoms with E-state index in [0.717, 1.165) is 34.7 Å². The molecule has 3 rings (SSSR count). The van der Waals surface area contributed by atoms with Crippen LogP contribution < -0.4 is 0 Å². The Labute approximate surface area is 155 Å². The van der Waals surface area contributed by atoms with E-state index in [9.17, 15) is 4.79 Å². The summed E-state index contributed by atoms with van der Waals surface area (Å²) in [6, 6.07) is 9.81. The van der Waals surface area contributed by atoms with E-state index in [2.05, 4.69) is 5.10 Å². The Hall–Kier alpha value is -1.17. The molecule has 0 atom stereocenters. The van der Waals surface area contributed by atoms with E-state index >= 15 is 0 Å². The second-order valence-corrected chi connectivity index (χ2v) is 8.71. The van der Waals surface area contributed by atoms with Crippen LogP contribution in [0.3, 0.4) is 0 Å². The van der Waals surface area contributed by atoms with E-state index in [1.54, 1.807) is 28.2 Å². The van der Waals surface area contributed by atoms with Crippen LogP contribution in [-0.2, 0) is 11.8 Å². The van der Waals surface area contributed by atoms with Crippen molar-refractivity contribution in [1.82, 2.24) is 9.78 Å². The maximum Gasteiger partial charge on any atom is 0.186 e. The van der Waals surface area contributed by atoms with E-state index in [-0.39, 0.29) is 10.4 Å². The molecule has 6 heteroatoms. The van der Waals surface area contributed by atoms with Gasteiger partial charge in [0.1, 0.15) is 9.74 Å². The molecule has 1 aliphatic rings. The molecule has 1 saturated heterocycles. The molecule has 1 fully saturated rings. The van der Waals surface area contributed by atoms with Crippen molar-refractivity contribution in [3.63, 3.8) is 0 Å². The fourth-order valence-corrected chi connectivity index (χ4v) is 5.62. The third kappa shape index (κ3) is 3.73. The highest BCUT2D eigenvalue weighted by atomic mass is 35.5. The number of thioether (sulfide) groups is 2. The smallest absolute Gasteiger partial charge is 0.186 e. The molecule has 0 aliphatic carbocycles. The van der Waals surface area contributed by atoms with Crippen molar-refractivity contribution in [3.05, 3.63) is 52.3 Å². The molecule has 0 N–H and O–H groups in total. The predicted molar refractivity (Wildman–Crippen MR) is 106 cm³/mol. The Kier molecular flexibility index (Phi) is 5.74. The van der Waals surface area contributed by atoms with Crippen LogP contribution in [0.5, 0.6) is 0 Å². The normalized spacial score (nSPS) is 16.4. The number of carbonyl (C=O) groups is 1. The van der Waals surface area contributed by atoms with Crippen LogP contribution >= 0.6 is 35.1 Å². The second kappa shape index (κ2) is 7.81. The van der Waals surface area contributed by atoms with E-state index in [1.165, 1.54) is 0 Å². The molecule has 24 heavy (non-hydrogen) atoms.